The van der Waals surface area contributed by atoms with Crippen molar-refractivity contribution >= 4 is 17.4 Å². The number of carbonyl (C=O) groups excluding carboxylic acids is 2. The molecule has 1 N–H and O–H groups in total. The van der Waals surface area contributed by atoms with Gasteiger partial charge in [0.05, 0.1) is 20.3 Å². The van der Waals surface area contributed by atoms with E-state index in [1.165, 1.54) is 0 Å². The minimum atomic E-state index is -0.236. The second-order valence-corrected chi connectivity index (χ2v) is 5.73. The SMILES string of the molecule is CCOc1ccc(C(=O)CCC(=O)Nc2ccc(OCC)c(OC)c2)cc1. The van der Waals surface area contributed by atoms with Crippen molar-refractivity contribution in [2.24, 2.45) is 0 Å². The molecule has 0 atom stereocenters. The topological polar surface area (TPSA) is 73.9 Å². The summed E-state index contributed by atoms with van der Waals surface area (Å²) in [4.78, 5) is 24.4. The number of ether oxygens (including phenoxy) is 3. The second-order valence-electron chi connectivity index (χ2n) is 5.73. The van der Waals surface area contributed by atoms with E-state index in [0.717, 1.165) is 5.75 Å². The van der Waals surface area contributed by atoms with Crippen molar-refractivity contribution < 1.29 is 23.8 Å². The Morgan fingerprint density at radius 1 is 0.889 bits per heavy atom. The minimum absolute atomic E-state index is 0.0857. The molecule has 0 saturated heterocycles. The van der Waals surface area contributed by atoms with Crippen LogP contribution in [0.2, 0.25) is 0 Å². The molecule has 0 radical (unpaired) electrons. The van der Waals surface area contributed by atoms with Crippen molar-refractivity contribution in [2.75, 3.05) is 25.6 Å². The molecule has 0 heterocycles. The molecule has 144 valence electrons. The van der Waals surface area contributed by atoms with Crippen LogP contribution in [0.5, 0.6) is 17.2 Å². The van der Waals surface area contributed by atoms with Crippen molar-refractivity contribution in [1.29, 1.82) is 0 Å². The summed E-state index contributed by atoms with van der Waals surface area (Å²) in [6, 6.07) is 12.1. The van der Waals surface area contributed by atoms with Crippen molar-refractivity contribution in [1.82, 2.24) is 0 Å². The lowest BCUT2D eigenvalue weighted by Crippen LogP contribution is -2.13. The molecular weight excluding hydrogens is 346 g/mol. The minimum Gasteiger partial charge on any atom is -0.494 e. The summed E-state index contributed by atoms with van der Waals surface area (Å²) in [6.07, 6.45) is 0.232. The van der Waals surface area contributed by atoms with Gasteiger partial charge in [-0.1, -0.05) is 0 Å². The molecule has 0 spiro atoms. The summed E-state index contributed by atoms with van der Waals surface area (Å²) >= 11 is 0. The van der Waals surface area contributed by atoms with Gasteiger partial charge in [-0.3, -0.25) is 9.59 Å². The fourth-order valence-electron chi connectivity index (χ4n) is 2.52. The van der Waals surface area contributed by atoms with E-state index in [2.05, 4.69) is 5.32 Å². The number of nitrogens with one attached hydrogen (secondary N) is 1. The Balaban J connectivity index is 1.89. The van der Waals surface area contributed by atoms with Gasteiger partial charge < -0.3 is 19.5 Å². The van der Waals surface area contributed by atoms with Gasteiger partial charge in [0.1, 0.15) is 5.75 Å². The fraction of sp³-hybridized carbons (Fsp3) is 0.333. The lowest BCUT2D eigenvalue weighted by atomic mass is 10.1. The number of amides is 1. The van der Waals surface area contributed by atoms with Crippen molar-refractivity contribution in [2.45, 2.75) is 26.7 Å². The normalized spacial score (nSPS) is 10.2. The van der Waals surface area contributed by atoms with Gasteiger partial charge in [0.25, 0.3) is 0 Å². The van der Waals surface area contributed by atoms with Crippen LogP contribution in [0.1, 0.15) is 37.0 Å². The highest BCUT2D eigenvalue weighted by molar-refractivity contribution is 6.00. The Labute approximate surface area is 159 Å². The summed E-state index contributed by atoms with van der Waals surface area (Å²) < 4.78 is 16.1. The Bertz CT molecular complexity index is 771. The molecule has 0 aliphatic rings. The number of anilines is 1. The molecule has 0 unspecified atom stereocenters. The molecule has 2 rings (SSSR count). The van der Waals surface area contributed by atoms with Gasteiger partial charge in [-0.25, -0.2) is 0 Å². The Hall–Kier alpha value is -3.02. The van der Waals surface area contributed by atoms with Gasteiger partial charge in [0.2, 0.25) is 5.91 Å². The molecular formula is C21H25NO5. The van der Waals surface area contributed by atoms with Crippen LogP contribution in [-0.2, 0) is 4.79 Å². The smallest absolute Gasteiger partial charge is 0.224 e. The number of rotatable bonds is 10. The van der Waals surface area contributed by atoms with Gasteiger partial charge in [-0.15, -0.1) is 0 Å². The standard InChI is InChI=1S/C21H25NO5/c1-4-26-17-9-6-15(7-10-17)18(23)11-13-21(24)22-16-8-12-19(27-5-2)20(14-16)25-3/h6-10,12,14H,4-5,11,13H2,1-3H3,(H,22,24). The second kappa shape index (κ2) is 10.2. The van der Waals surface area contributed by atoms with Crippen LogP contribution in [0.3, 0.4) is 0 Å². The van der Waals surface area contributed by atoms with Gasteiger partial charge in [0.15, 0.2) is 17.3 Å². The molecule has 6 nitrogen and oxygen atoms in total. The van der Waals surface area contributed by atoms with Crippen LogP contribution in [0, 0.1) is 0 Å². The third-order valence-electron chi connectivity index (χ3n) is 3.81. The zero-order chi connectivity index (χ0) is 19.6. The zero-order valence-electron chi connectivity index (χ0n) is 15.9. The maximum Gasteiger partial charge on any atom is 0.224 e. The van der Waals surface area contributed by atoms with Crippen LogP contribution in [-0.4, -0.2) is 32.0 Å². The summed E-state index contributed by atoms with van der Waals surface area (Å²) in [6.45, 7) is 4.88. The summed E-state index contributed by atoms with van der Waals surface area (Å²) in [5.41, 5.74) is 1.16. The first-order chi connectivity index (χ1) is 13.1. The van der Waals surface area contributed by atoms with Crippen LogP contribution in [0.15, 0.2) is 42.5 Å². The van der Waals surface area contributed by atoms with Gasteiger partial charge >= 0.3 is 0 Å². The molecule has 0 saturated carbocycles. The number of benzene rings is 2. The van der Waals surface area contributed by atoms with Gasteiger partial charge in [-0.2, -0.15) is 0 Å². The number of hydrogen-bond acceptors (Lipinski definition) is 5. The monoisotopic (exact) mass is 371 g/mol. The van der Waals surface area contributed by atoms with Crippen molar-refractivity contribution in [3.63, 3.8) is 0 Å². The molecule has 1 amide bonds. The van der Waals surface area contributed by atoms with Crippen LogP contribution in [0.4, 0.5) is 5.69 Å². The lowest BCUT2D eigenvalue weighted by Gasteiger charge is -2.11. The molecule has 0 aliphatic heterocycles. The number of ketones is 1. The van der Waals surface area contributed by atoms with E-state index in [-0.39, 0.29) is 24.5 Å². The van der Waals surface area contributed by atoms with Crippen LogP contribution >= 0.6 is 0 Å². The zero-order valence-corrected chi connectivity index (χ0v) is 15.9. The van der Waals surface area contributed by atoms with E-state index in [0.29, 0.717) is 36.0 Å². The predicted octanol–water partition coefficient (Wildman–Crippen LogP) is 4.09. The largest absolute Gasteiger partial charge is 0.494 e. The average Bonchev–Trinajstić information content (AvgIpc) is 2.68. The third-order valence-corrected chi connectivity index (χ3v) is 3.81. The number of Topliss-reactive ketones (excluding diaryl/α,β-unsaturated/α-hetero) is 1. The molecule has 0 aromatic heterocycles. The molecule has 2 aromatic carbocycles. The van der Waals surface area contributed by atoms with E-state index in [4.69, 9.17) is 14.2 Å². The highest BCUT2D eigenvalue weighted by Crippen LogP contribution is 2.30. The van der Waals surface area contributed by atoms with E-state index in [1.54, 1.807) is 49.6 Å². The predicted molar refractivity (Wildman–Crippen MR) is 104 cm³/mol. The first-order valence-corrected chi connectivity index (χ1v) is 8.94. The van der Waals surface area contributed by atoms with E-state index < -0.39 is 0 Å². The van der Waals surface area contributed by atoms with Crippen LogP contribution in [0.25, 0.3) is 0 Å². The van der Waals surface area contributed by atoms with E-state index >= 15 is 0 Å². The van der Waals surface area contributed by atoms with Gasteiger partial charge in [0, 0.05) is 30.2 Å². The van der Waals surface area contributed by atoms with Gasteiger partial charge in [-0.05, 0) is 50.2 Å². The molecule has 27 heavy (non-hydrogen) atoms. The molecule has 0 fully saturated rings. The molecule has 0 aliphatic carbocycles. The number of methoxy groups -OCH3 is 1. The summed E-state index contributed by atoms with van der Waals surface area (Å²) in [7, 11) is 1.54. The third kappa shape index (κ3) is 6.02. The van der Waals surface area contributed by atoms with Crippen molar-refractivity contribution in [3.05, 3.63) is 48.0 Å². The maximum atomic E-state index is 12.2. The Morgan fingerprint density at radius 3 is 2.22 bits per heavy atom. The Morgan fingerprint density at radius 2 is 1.59 bits per heavy atom. The highest BCUT2D eigenvalue weighted by atomic mass is 16.5. The lowest BCUT2D eigenvalue weighted by molar-refractivity contribution is -0.116. The number of carbonyl (C=O) groups is 2. The van der Waals surface area contributed by atoms with E-state index in [9.17, 15) is 9.59 Å². The molecule has 6 heteroatoms. The first kappa shape index (κ1) is 20.3. The quantitative estimate of drug-likeness (QED) is 0.637. The molecule has 0 bridgehead atoms. The first-order valence-electron chi connectivity index (χ1n) is 8.94. The van der Waals surface area contributed by atoms with Crippen molar-refractivity contribution in [3.8, 4) is 17.2 Å². The average molecular weight is 371 g/mol. The molecule has 2 aromatic rings. The highest BCUT2D eigenvalue weighted by Gasteiger charge is 2.11. The number of hydrogen-bond donors (Lipinski definition) is 1. The Kier molecular flexibility index (Phi) is 7.67. The van der Waals surface area contributed by atoms with E-state index in [1.807, 2.05) is 13.8 Å². The summed E-state index contributed by atoms with van der Waals surface area (Å²) in [5, 5.41) is 2.77. The van der Waals surface area contributed by atoms with Crippen LogP contribution < -0.4 is 19.5 Å². The maximum absolute atomic E-state index is 12.2. The summed E-state index contributed by atoms with van der Waals surface area (Å²) in [5.74, 6) is 1.55. The fourth-order valence-corrected chi connectivity index (χ4v) is 2.52.